The molecule has 2 rings (SSSR count). The van der Waals surface area contributed by atoms with Gasteiger partial charge in [-0.05, 0) is 39.7 Å². The lowest BCUT2D eigenvalue weighted by Gasteiger charge is -2.35. The van der Waals surface area contributed by atoms with Crippen molar-refractivity contribution in [2.45, 2.75) is 58.5 Å². The summed E-state index contributed by atoms with van der Waals surface area (Å²) in [6.07, 6.45) is 4.82. The van der Waals surface area contributed by atoms with Crippen LogP contribution in [-0.2, 0) is 9.53 Å². The standard InChI is InChI=1S/C17H26N2O3/c1-4-21-15-10-9-14(13(3)18-15)19-16(20)17(22-5-2)11-7-6-8-12-17/h9-10H,4-8,11-12H2,1-3H3,(H,19,20). The lowest BCUT2D eigenvalue weighted by molar-refractivity contribution is -0.145. The fraction of sp³-hybridized carbons (Fsp3) is 0.647. The molecule has 1 aliphatic carbocycles. The van der Waals surface area contributed by atoms with Gasteiger partial charge in [-0.3, -0.25) is 4.79 Å². The zero-order valence-electron chi connectivity index (χ0n) is 13.8. The van der Waals surface area contributed by atoms with Gasteiger partial charge in [-0.1, -0.05) is 19.3 Å². The molecule has 1 saturated carbocycles. The van der Waals surface area contributed by atoms with Crippen LogP contribution >= 0.6 is 0 Å². The fourth-order valence-corrected chi connectivity index (χ4v) is 2.97. The molecule has 1 aromatic rings. The summed E-state index contributed by atoms with van der Waals surface area (Å²) in [6.45, 7) is 6.85. The van der Waals surface area contributed by atoms with Gasteiger partial charge in [-0.2, -0.15) is 0 Å². The van der Waals surface area contributed by atoms with Gasteiger partial charge in [0.2, 0.25) is 5.88 Å². The van der Waals surface area contributed by atoms with Crippen molar-refractivity contribution in [1.29, 1.82) is 0 Å². The van der Waals surface area contributed by atoms with E-state index in [-0.39, 0.29) is 5.91 Å². The fourth-order valence-electron chi connectivity index (χ4n) is 2.97. The second kappa shape index (κ2) is 7.58. The molecule has 1 amide bonds. The summed E-state index contributed by atoms with van der Waals surface area (Å²) in [6, 6.07) is 3.62. The number of aromatic nitrogens is 1. The Morgan fingerprint density at radius 2 is 1.95 bits per heavy atom. The summed E-state index contributed by atoms with van der Waals surface area (Å²) in [5, 5.41) is 2.99. The van der Waals surface area contributed by atoms with Crippen molar-refractivity contribution in [2.24, 2.45) is 0 Å². The maximum Gasteiger partial charge on any atom is 0.256 e. The predicted octanol–water partition coefficient (Wildman–Crippen LogP) is 3.47. The number of hydrogen-bond donors (Lipinski definition) is 1. The SMILES string of the molecule is CCOc1ccc(NC(=O)C2(OCC)CCCCC2)c(C)n1. The van der Waals surface area contributed by atoms with Crippen molar-refractivity contribution in [3.63, 3.8) is 0 Å². The minimum Gasteiger partial charge on any atom is -0.478 e. The van der Waals surface area contributed by atoms with E-state index < -0.39 is 5.60 Å². The van der Waals surface area contributed by atoms with Gasteiger partial charge in [0.25, 0.3) is 5.91 Å². The second-order valence-electron chi connectivity index (χ2n) is 5.66. The molecule has 0 saturated heterocycles. The lowest BCUT2D eigenvalue weighted by atomic mass is 9.83. The van der Waals surface area contributed by atoms with Gasteiger partial charge in [0.1, 0.15) is 5.60 Å². The number of anilines is 1. The van der Waals surface area contributed by atoms with Crippen LogP contribution < -0.4 is 10.1 Å². The topological polar surface area (TPSA) is 60.5 Å². The summed E-state index contributed by atoms with van der Waals surface area (Å²) in [7, 11) is 0. The minimum atomic E-state index is -0.683. The number of rotatable bonds is 6. The molecule has 0 unspecified atom stereocenters. The first-order chi connectivity index (χ1) is 10.6. The van der Waals surface area contributed by atoms with Crippen LogP contribution in [0.2, 0.25) is 0 Å². The van der Waals surface area contributed by atoms with Crippen molar-refractivity contribution in [2.75, 3.05) is 18.5 Å². The first kappa shape index (κ1) is 16.7. The van der Waals surface area contributed by atoms with Gasteiger partial charge in [0.05, 0.1) is 18.0 Å². The molecule has 1 N–H and O–H groups in total. The van der Waals surface area contributed by atoms with Crippen LogP contribution in [0.5, 0.6) is 5.88 Å². The molecule has 0 atom stereocenters. The molecule has 5 heteroatoms. The highest BCUT2D eigenvalue weighted by molar-refractivity contribution is 5.97. The summed E-state index contributed by atoms with van der Waals surface area (Å²) >= 11 is 0. The third kappa shape index (κ3) is 3.77. The molecular weight excluding hydrogens is 280 g/mol. The Morgan fingerprint density at radius 1 is 1.23 bits per heavy atom. The number of carbonyl (C=O) groups excluding carboxylic acids is 1. The molecule has 1 fully saturated rings. The number of carbonyl (C=O) groups is 1. The summed E-state index contributed by atoms with van der Waals surface area (Å²) in [5.41, 5.74) is 0.790. The van der Waals surface area contributed by atoms with Crippen LogP contribution in [0.1, 0.15) is 51.6 Å². The Morgan fingerprint density at radius 3 is 2.55 bits per heavy atom. The first-order valence-corrected chi connectivity index (χ1v) is 8.17. The lowest BCUT2D eigenvalue weighted by Crippen LogP contribution is -2.47. The van der Waals surface area contributed by atoms with E-state index in [4.69, 9.17) is 9.47 Å². The Kier molecular flexibility index (Phi) is 5.77. The normalized spacial score (nSPS) is 17.0. The van der Waals surface area contributed by atoms with Crippen LogP contribution in [0.3, 0.4) is 0 Å². The monoisotopic (exact) mass is 306 g/mol. The number of amides is 1. The third-order valence-electron chi connectivity index (χ3n) is 4.10. The summed E-state index contributed by atoms with van der Waals surface area (Å²) in [4.78, 5) is 17.1. The van der Waals surface area contributed by atoms with Crippen molar-refractivity contribution in [3.8, 4) is 5.88 Å². The zero-order valence-corrected chi connectivity index (χ0v) is 13.8. The van der Waals surface area contributed by atoms with Crippen LogP contribution in [0, 0.1) is 6.92 Å². The molecule has 122 valence electrons. The largest absolute Gasteiger partial charge is 0.478 e. The van der Waals surface area contributed by atoms with Crippen LogP contribution in [-0.4, -0.2) is 29.7 Å². The van der Waals surface area contributed by atoms with Gasteiger partial charge in [0.15, 0.2) is 0 Å². The quantitative estimate of drug-likeness (QED) is 0.874. The number of ether oxygens (including phenoxy) is 2. The number of aryl methyl sites for hydroxylation is 1. The molecular formula is C17H26N2O3. The van der Waals surface area contributed by atoms with Crippen molar-refractivity contribution >= 4 is 11.6 Å². The van der Waals surface area contributed by atoms with Gasteiger partial charge in [0, 0.05) is 12.7 Å². The Balaban J connectivity index is 2.12. The molecule has 0 radical (unpaired) electrons. The molecule has 0 aliphatic heterocycles. The van der Waals surface area contributed by atoms with Gasteiger partial charge in [-0.15, -0.1) is 0 Å². The molecule has 5 nitrogen and oxygen atoms in total. The Hall–Kier alpha value is -1.62. The third-order valence-corrected chi connectivity index (χ3v) is 4.10. The van der Waals surface area contributed by atoms with Gasteiger partial charge >= 0.3 is 0 Å². The maximum atomic E-state index is 12.7. The van der Waals surface area contributed by atoms with E-state index in [9.17, 15) is 4.79 Å². The van der Waals surface area contributed by atoms with E-state index in [1.807, 2.05) is 26.8 Å². The molecule has 1 heterocycles. The number of pyridine rings is 1. The molecule has 22 heavy (non-hydrogen) atoms. The molecule has 1 aromatic heterocycles. The predicted molar refractivity (Wildman–Crippen MR) is 86.2 cm³/mol. The average Bonchev–Trinajstić information content (AvgIpc) is 2.51. The van der Waals surface area contributed by atoms with Crippen molar-refractivity contribution in [1.82, 2.24) is 4.98 Å². The zero-order chi connectivity index (χ0) is 16.0. The van der Waals surface area contributed by atoms with Crippen LogP contribution in [0.4, 0.5) is 5.69 Å². The highest BCUT2D eigenvalue weighted by Gasteiger charge is 2.40. The highest BCUT2D eigenvalue weighted by Crippen LogP contribution is 2.33. The number of nitrogens with one attached hydrogen (secondary N) is 1. The summed E-state index contributed by atoms with van der Waals surface area (Å²) in [5.74, 6) is 0.526. The molecule has 0 aromatic carbocycles. The maximum absolute atomic E-state index is 12.7. The molecule has 0 spiro atoms. The van der Waals surface area contributed by atoms with Crippen LogP contribution in [0.15, 0.2) is 12.1 Å². The second-order valence-corrected chi connectivity index (χ2v) is 5.66. The Labute approximate surface area is 132 Å². The van der Waals surface area contributed by atoms with Crippen LogP contribution in [0.25, 0.3) is 0 Å². The Bertz CT molecular complexity index is 505. The van der Waals surface area contributed by atoms with Crippen molar-refractivity contribution in [3.05, 3.63) is 17.8 Å². The molecule has 1 aliphatic rings. The van der Waals surface area contributed by atoms with E-state index in [1.54, 1.807) is 6.07 Å². The summed E-state index contributed by atoms with van der Waals surface area (Å²) < 4.78 is 11.2. The minimum absolute atomic E-state index is 0.0527. The van der Waals surface area contributed by atoms with E-state index in [1.165, 1.54) is 6.42 Å². The number of hydrogen-bond acceptors (Lipinski definition) is 4. The highest BCUT2D eigenvalue weighted by atomic mass is 16.5. The molecule has 0 bridgehead atoms. The van der Waals surface area contributed by atoms with E-state index in [0.717, 1.165) is 37.1 Å². The smallest absolute Gasteiger partial charge is 0.256 e. The van der Waals surface area contributed by atoms with Crippen molar-refractivity contribution < 1.29 is 14.3 Å². The van der Waals surface area contributed by atoms with E-state index in [0.29, 0.717) is 19.1 Å². The first-order valence-electron chi connectivity index (χ1n) is 8.17. The van der Waals surface area contributed by atoms with Gasteiger partial charge < -0.3 is 14.8 Å². The number of nitrogens with zero attached hydrogens (tertiary/aromatic N) is 1. The van der Waals surface area contributed by atoms with E-state index >= 15 is 0 Å². The average molecular weight is 306 g/mol. The van der Waals surface area contributed by atoms with E-state index in [2.05, 4.69) is 10.3 Å². The van der Waals surface area contributed by atoms with Gasteiger partial charge in [-0.25, -0.2) is 4.98 Å².